The van der Waals surface area contributed by atoms with Gasteiger partial charge in [-0.05, 0) is 6.42 Å². The Morgan fingerprint density at radius 1 is 1.33 bits per heavy atom. The van der Waals surface area contributed by atoms with Gasteiger partial charge in [0.05, 0.1) is 0 Å². The number of alkyl halides is 1. The molecule has 9 heavy (non-hydrogen) atoms. The zero-order valence-corrected chi connectivity index (χ0v) is 8.87. The molecule has 0 unspecified atom stereocenters. The van der Waals surface area contributed by atoms with Crippen LogP contribution in [0.15, 0.2) is 0 Å². The van der Waals surface area contributed by atoms with Crippen molar-refractivity contribution < 1.29 is 0 Å². The number of hydrogen-bond acceptors (Lipinski definition) is 0. The SMILES string of the molecule is CC(C)[Si]CCCCBr. The summed E-state index contributed by atoms with van der Waals surface area (Å²) in [7, 11) is 1.18. The van der Waals surface area contributed by atoms with Crippen molar-refractivity contribution in [2.24, 2.45) is 0 Å². The Morgan fingerprint density at radius 2 is 2.00 bits per heavy atom. The molecular weight excluding hydrogens is 192 g/mol. The van der Waals surface area contributed by atoms with Crippen LogP contribution in [0.1, 0.15) is 26.7 Å². The van der Waals surface area contributed by atoms with Crippen LogP contribution in [-0.4, -0.2) is 14.8 Å². The Hall–Kier alpha value is 0.697. The summed E-state index contributed by atoms with van der Waals surface area (Å²) in [5.41, 5.74) is 0.917. The molecule has 0 bridgehead atoms. The van der Waals surface area contributed by atoms with E-state index in [0.29, 0.717) is 0 Å². The molecule has 0 nitrogen and oxygen atoms in total. The highest BCUT2D eigenvalue weighted by Crippen LogP contribution is 2.05. The van der Waals surface area contributed by atoms with E-state index in [1.165, 1.54) is 33.7 Å². The molecule has 54 valence electrons. The normalized spacial score (nSPS) is 10.7. The summed E-state index contributed by atoms with van der Waals surface area (Å²) in [5, 5.41) is 1.18. The van der Waals surface area contributed by atoms with Crippen LogP contribution in [0, 0.1) is 0 Å². The highest BCUT2D eigenvalue weighted by molar-refractivity contribution is 9.09. The summed E-state index contributed by atoms with van der Waals surface area (Å²) in [6, 6.07) is 1.43. The van der Waals surface area contributed by atoms with Crippen LogP contribution in [0.4, 0.5) is 0 Å². The van der Waals surface area contributed by atoms with Crippen molar-refractivity contribution in [2.75, 3.05) is 5.33 Å². The maximum atomic E-state index is 3.42. The molecule has 0 N–H and O–H groups in total. The van der Waals surface area contributed by atoms with Crippen LogP contribution in [0.25, 0.3) is 0 Å². The average Bonchev–Trinajstić information content (AvgIpc) is 1.80. The maximum absolute atomic E-state index is 3.42. The first-order valence-electron chi connectivity index (χ1n) is 3.56. The molecule has 0 heterocycles. The van der Waals surface area contributed by atoms with E-state index in [2.05, 4.69) is 29.8 Å². The largest absolute Gasteiger partial charge is 0.0928 e. The molecule has 2 heteroatoms. The molecule has 0 aromatic rings. The molecule has 0 aliphatic carbocycles. The first kappa shape index (κ1) is 9.70. The third-order valence-corrected chi connectivity index (χ3v) is 3.13. The van der Waals surface area contributed by atoms with E-state index in [4.69, 9.17) is 0 Å². The third-order valence-electron chi connectivity index (χ3n) is 1.11. The van der Waals surface area contributed by atoms with Crippen molar-refractivity contribution in [3.8, 4) is 0 Å². The zero-order valence-electron chi connectivity index (χ0n) is 6.28. The Labute approximate surface area is 69.4 Å². The summed E-state index contributed by atoms with van der Waals surface area (Å²) in [6.07, 6.45) is 2.75. The van der Waals surface area contributed by atoms with Crippen LogP contribution in [0.3, 0.4) is 0 Å². The highest BCUT2D eigenvalue weighted by Gasteiger charge is 1.93. The predicted octanol–water partition coefficient (Wildman–Crippen LogP) is 3.11. The molecule has 0 rings (SSSR count). The Bertz CT molecular complexity index is 54.9. The standard InChI is InChI=1S/C7H15BrSi/c1-7(2)9-6-4-3-5-8/h7H,3-6H2,1-2H3. The highest BCUT2D eigenvalue weighted by atomic mass is 79.9. The zero-order chi connectivity index (χ0) is 7.11. The van der Waals surface area contributed by atoms with Gasteiger partial charge < -0.3 is 0 Å². The fourth-order valence-electron chi connectivity index (χ4n) is 0.610. The van der Waals surface area contributed by atoms with Crippen molar-refractivity contribution in [2.45, 2.75) is 38.3 Å². The molecule has 0 saturated heterocycles. The third kappa shape index (κ3) is 8.70. The van der Waals surface area contributed by atoms with Gasteiger partial charge in [0.2, 0.25) is 0 Å². The van der Waals surface area contributed by atoms with Crippen molar-refractivity contribution in [3.05, 3.63) is 0 Å². The number of rotatable bonds is 5. The van der Waals surface area contributed by atoms with Gasteiger partial charge in [0.15, 0.2) is 0 Å². The van der Waals surface area contributed by atoms with Crippen molar-refractivity contribution in [1.82, 2.24) is 0 Å². The van der Waals surface area contributed by atoms with Gasteiger partial charge in [0, 0.05) is 14.8 Å². The lowest BCUT2D eigenvalue weighted by Crippen LogP contribution is -1.93. The molecule has 0 atom stereocenters. The molecule has 0 aliphatic heterocycles. The Balaban J connectivity index is 2.75. The minimum Gasteiger partial charge on any atom is -0.0928 e. The lowest BCUT2D eigenvalue weighted by molar-refractivity contribution is 0.882. The van der Waals surface area contributed by atoms with Gasteiger partial charge in [-0.25, -0.2) is 0 Å². The van der Waals surface area contributed by atoms with E-state index in [0.717, 1.165) is 5.54 Å². The summed E-state index contributed by atoms with van der Waals surface area (Å²) in [5.74, 6) is 0. The van der Waals surface area contributed by atoms with Gasteiger partial charge in [-0.2, -0.15) is 0 Å². The van der Waals surface area contributed by atoms with Crippen LogP contribution in [0.2, 0.25) is 11.6 Å². The van der Waals surface area contributed by atoms with Gasteiger partial charge in [-0.3, -0.25) is 0 Å². The number of halogens is 1. The van der Waals surface area contributed by atoms with Gasteiger partial charge in [0.25, 0.3) is 0 Å². The van der Waals surface area contributed by atoms with Crippen LogP contribution in [0.5, 0.6) is 0 Å². The van der Waals surface area contributed by atoms with Gasteiger partial charge >= 0.3 is 0 Å². The number of hydrogen-bond donors (Lipinski definition) is 0. The van der Waals surface area contributed by atoms with Crippen molar-refractivity contribution in [1.29, 1.82) is 0 Å². The molecule has 0 spiro atoms. The van der Waals surface area contributed by atoms with Crippen LogP contribution in [-0.2, 0) is 0 Å². The molecule has 2 radical (unpaired) electrons. The fraction of sp³-hybridized carbons (Fsp3) is 1.00. The summed E-state index contributed by atoms with van der Waals surface area (Å²) in [6.45, 7) is 4.60. The summed E-state index contributed by atoms with van der Waals surface area (Å²) >= 11 is 3.42. The maximum Gasteiger partial charge on any atom is 0.0407 e. The molecule has 0 fully saturated rings. The summed E-state index contributed by atoms with van der Waals surface area (Å²) in [4.78, 5) is 0. The van der Waals surface area contributed by atoms with E-state index in [9.17, 15) is 0 Å². The minimum atomic E-state index is 0.917. The summed E-state index contributed by atoms with van der Waals surface area (Å²) < 4.78 is 0. The molecule has 0 aromatic carbocycles. The van der Waals surface area contributed by atoms with Crippen molar-refractivity contribution in [3.63, 3.8) is 0 Å². The van der Waals surface area contributed by atoms with Gasteiger partial charge in [0.1, 0.15) is 0 Å². The average molecular weight is 207 g/mol. The smallest absolute Gasteiger partial charge is 0.0407 e. The van der Waals surface area contributed by atoms with E-state index >= 15 is 0 Å². The first-order valence-corrected chi connectivity index (χ1v) is 5.97. The second-order valence-electron chi connectivity index (χ2n) is 2.50. The van der Waals surface area contributed by atoms with E-state index in [1.54, 1.807) is 0 Å². The van der Waals surface area contributed by atoms with Crippen LogP contribution < -0.4 is 0 Å². The number of unbranched alkanes of at least 4 members (excludes halogenated alkanes) is 1. The van der Waals surface area contributed by atoms with Gasteiger partial charge in [-0.15, -0.1) is 0 Å². The second kappa shape index (κ2) is 6.81. The lowest BCUT2D eigenvalue weighted by Gasteiger charge is -2.00. The molecule has 0 amide bonds. The molecule has 0 aromatic heterocycles. The minimum absolute atomic E-state index is 0.917. The van der Waals surface area contributed by atoms with E-state index < -0.39 is 0 Å². The van der Waals surface area contributed by atoms with Crippen molar-refractivity contribution >= 4 is 25.4 Å². The van der Waals surface area contributed by atoms with Gasteiger partial charge in [-0.1, -0.05) is 47.8 Å². The predicted molar refractivity (Wildman–Crippen MR) is 48.7 cm³/mol. The second-order valence-corrected chi connectivity index (χ2v) is 5.36. The Morgan fingerprint density at radius 3 is 2.44 bits per heavy atom. The molecular formula is C7H15BrSi. The monoisotopic (exact) mass is 206 g/mol. The topological polar surface area (TPSA) is 0 Å². The molecule has 0 saturated carbocycles. The van der Waals surface area contributed by atoms with Crippen LogP contribution >= 0.6 is 15.9 Å². The quantitative estimate of drug-likeness (QED) is 0.369. The van der Waals surface area contributed by atoms with E-state index in [1.807, 2.05) is 0 Å². The lowest BCUT2D eigenvalue weighted by atomic mass is 10.4. The molecule has 0 aliphatic rings. The fourth-order valence-corrected chi connectivity index (χ4v) is 2.04. The van der Waals surface area contributed by atoms with E-state index in [-0.39, 0.29) is 0 Å². The first-order chi connectivity index (χ1) is 4.27. The Kier molecular flexibility index (Phi) is 7.34.